The lowest BCUT2D eigenvalue weighted by atomic mass is 10.2. The van der Waals surface area contributed by atoms with Crippen LogP contribution in [0.2, 0.25) is 0 Å². The van der Waals surface area contributed by atoms with Gasteiger partial charge in [0.15, 0.2) is 0 Å². The molecule has 90 valence electrons. The quantitative estimate of drug-likeness (QED) is 0.818. The number of hydrogen-bond acceptors (Lipinski definition) is 2. The summed E-state index contributed by atoms with van der Waals surface area (Å²) < 4.78 is 24.2. The zero-order valence-corrected chi connectivity index (χ0v) is 11.5. The van der Waals surface area contributed by atoms with Gasteiger partial charge < -0.3 is 5.32 Å². The lowest BCUT2D eigenvalue weighted by Gasteiger charge is -2.05. The Morgan fingerprint density at radius 1 is 1.50 bits per heavy atom. The second kappa shape index (κ2) is 7.14. The Hall–Kier alpha value is -0.260. The van der Waals surface area contributed by atoms with Gasteiger partial charge in [-0.25, -0.2) is 4.39 Å². The molecule has 0 aliphatic carbocycles. The summed E-state index contributed by atoms with van der Waals surface area (Å²) in [6.07, 6.45) is 2.60. The van der Waals surface area contributed by atoms with Crippen LogP contribution in [0.15, 0.2) is 22.7 Å². The summed E-state index contributed by atoms with van der Waals surface area (Å²) in [6.45, 7) is 1.53. The standard InChI is InChI=1S/C11H15BrFNOS/c1-16(15)6-2-5-14-8-9-3-4-11(13)10(12)7-9/h3-4,7,14H,2,5-6,8H2,1H3. The van der Waals surface area contributed by atoms with Gasteiger partial charge in [0.2, 0.25) is 0 Å². The average molecular weight is 308 g/mol. The first-order chi connectivity index (χ1) is 7.59. The summed E-state index contributed by atoms with van der Waals surface area (Å²) in [5.74, 6) is 0.477. The lowest BCUT2D eigenvalue weighted by molar-refractivity contribution is 0.617. The van der Waals surface area contributed by atoms with Crippen molar-refractivity contribution < 1.29 is 8.60 Å². The van der Waals surface area contributed by atoms with Crippen LogP contribution in [0.25, 0.3) is 0 Å². The molecule has 16 heavy (non-hydrogen) atoms. The third kappa shape index (κ3) is 5.18. The van der Waals surface area contributed by atoms with Crippen molar-refractivity contribution in [2.75, 3.05) is 18.6 Å². The molecule has 2 nitrogen and oxygen atoms in total. The number of halogens is 2. The fourth-order valence-electron chi connectivity index (χ4n) is 1.28. The van der Waals surface area contributed by atoms with Crippen LogP contribution in [0, 0.1) is 5.82 Å². The van der Waals surface area contributed by atoms with Crippen LogP contribution in [-0.4, -0.2) is 22.8 Å². The van der Waals surface area contributed by atoms with Crippen molar-refractivity contribution in [3.8, 4) is 0 Å². The first-order valence-corrected chi connectivity index (χ1v) is 7.56. The van der Waals surface area contributed by atoms with Gasteiger partial charge in [-0.3, -0.25) is 4.21 Å². The predicted octanol–water partition coefficient (Wildman–Crippen LogP) is 2.45. The molecule has 0 aliphatic heterocycles. The van der Waals surface area contributed by atoms with Crippen molar-refractivity contribution in [3.63, 3.8) is 0 Å². The minimum atomic E-state index is -0.717. The SMILES string of the molecule is CS(=O)CCCNCc1ccc(F)c(Br)c1. The first-order valence-electron chi connectivity index (χ1n) is 5.04. The maximum Gasteiger partial charge on any atom is 0.137 e. The van der Waals surface area contributed by atoms with Gasteiger partial charge >= 0.3 is 0 Å². The van der Waals surface area contributed by atoms with Crippen LogP contribution < -0.4 is 5.32 Å². The first kappa shape index (κ1) is 13.8. The topological polar surface area (TPSA) is 29.1 Å². The lowest BCUT2D eigenvalue weighted by Crippen LogP contribution is -2.16. The highest BCUT2D eigenvalue weighted by molar-refractivity contribution is 9.10. The van der Waals surface area contributed by atoms with Crippen molar-refractivity contribution >= 4 is 26.7 Å². The van der Waals surface area contributed by atoms with E-state index in [9.17, 15) is 8.60 Å². The summed E-state index contributed by atoms with van der Waals surface area (Å²) in [4.78, 5) is 0. The second-order valence-electron chi connectivity index (χ2n) is 3.56. The molecule has 0 saturated heterocycles. The fraction of sp³-hybridized carbons (Fsp3) is 0.455. The van der Waals surface area contributed by atoms with Gasteiger partial charge in [0.25, 0.3) is 0 Å². The summed E-state index contributed by atoms with van der Waals surface area (Å²) in [6, 6.07) is 4.97. The largest absolute Gasteiger partial charge is 0.313 e. The summed E-state index contributed by atoms with van der Waals surface area (Å²) in [5.41, 5.74) is 1.03. The molecule has 1 atom stereocenters. The Kier molecular flexibility index (Phi) is 6.16. The van der Waals surface area contributed by atoms with Crippen LogP contribution in [0.4, 0.5) is 4.39 Å². The Labute approximate surface area is 106 Å². The van der Waals surface area contributed by atoms with Crippen LogP contribution in [0.5, 0.6) is 0 Å². The van der Waals surface area contributed by atoms with Crippen LogP contribution in [0.3, 0.4) is 0 Å². The molecule has 0 radical (unpaired) electrons. The molecule has 0 bridgehead atoms. The van der Waals surface area contributed by atoms with E-state index in [1.54, 1.807) is 18.4 Å². The number of rotatable bonds is 6. The van der Waals surface area contributed by atoms with Crippen molar-refractivity contribution in [2.45, 2.75) is 13.0 Å². The Bertz CT molecular complexity index is 373. The number of hydrogen-bond donors (Lipinski definition) is 1. The molecule has 0 saturated carbocycles. The summed E-state index contributed by atoms with van der Waals surface area (Å²) >= 11 is 3.14. The van der Waals surface area contributed by atoms with Crippen LogP contribution in [-0.2, 0) is 17.3 Å². The minimum absolute atomic E-state index is 0.245. The average Bonchev–Trinajstić information content (AvgIpc) is 2.22. The third-order valence-corrected chi connectivity index (χ3v) is 3.57. The third-order valence-electron chi connectivity index (χ3n) is 2.10. The molecular weight excluding hydrogens is 293 g/mol. The molecule has 0 aromatic heterocycles. The second-order valence-corrected chi connectivity index (χ2v) is 5.97. The monoisotopic (exact) mass is 307 g/mol. The molecule has 0 heterocycles. The highest BCUT2D eigenvalue weighted by Gasteiger charge is 2.00. The molecule has 0 aliphatic rings. The maximum atomic E-state index is 12.9. The van der Waals surface area contributed by atoms with E-state index in [1.165, 1.54) is 6.07 Å². The van der Waals surface area contributed by atoms with Gasteiger partial charge in [0.1, 0.15) is 5.82 Å². The molecule has 1 aromatic carbocycles. The molecule has 0 spiro atoms. The van der Waals surface area contributed by atoms with Crippen molar-refractivity contribution in [1.82, 2.24) is 5.32 Å². The summed E-state index contributed by atoms with van der Waals surface area (Å²) in [5, 5.41) is 3.23. The molecule has 1 unspecified atom stereocenters. The Balaban J connectivity index is 2.27. The highest BCUT2D eigenvalue weighted by atomic mass is 79.9. The van der Waals surface area contributed by atoms with E-state index >= 15 is 0 Å². The van der Waals surface area contributed by atoms with Gasteiger partial charge in [-0.2, -0.15) is 0 Å². The molecule has 1 rings (SSSR count). The van der Waals surface area contributed by atoms with Crippen LogP contribution in [0.1, 0.15) is 12.0 Å². The van der Waals surface area contributed by atoms with E-state index < -0.39 is 10.8 Å². The molecule has 0 amide bonds. The van der Waals surface area contributed by atoms with Gasteiger partial charge in [0, 0.05) is 29.4 Å². The Morgan fingerprint density at radius 3 is 2.88 bits per heavy atom. The molecule has 5 heteroatoms. The number of benzene rings is 1. The predicted molar refractivity (Wildman–Crippen MR) is 69.4 cm³/mol. The van der Waals surface area contributed by atoms with Crippen LogP contribution >= 0.6 is 15.9 Å². The van der Waals surface area contributed by atoms with E-state index in [4.69, 9.17) is 0 Å². The number of nitrogens with one attached hydrogen (secondary N) is 1. The normalized spacial score (nSPS) is 12.7. The zero-order chi connectivity index (χ0) is 12.0. The molecular formula is C11H15BrFNOS. The van der Waals surface area contributed by atoms with Gasteiger partial charge in [-0.05, 0) is 46.6 Å². The fourth-order valence-corrected chi connectivity index (χ4v) is 2.26. The zero-order valence-electron chi connectivity index (χ0n) is 9.13. The highest BCUT2D eigenvalue weighted by Crippen LogP contribution is 2.16. The van der Waals surface area contributed by atoms with Gasteiger partial charge in [-0.1, -0.05) is 6.07 Å². The molecule has 1 N–H and O–H groups in total. The smallest absolute Gasteiger partial charge is 0.137 e. The molecule has 0 fully saturated rings. The van der Waals surface area contributed by atoms with Crippen molar-refractivity contribution in [2.24, 2.45) is 0 Å². The maximum absolute atomic E-state index is 12.9. The van der Waals surface area contributed by atoms with E-state index in [0.29, 0.717) is 11.0 Å². The Morgan fingerprint density at radius 2 is 2.25 bits per heavy atom. The van der Waals surface area contributed by atoms with Gasteiger partial charge in [-0.15, -0.1) is 0 Å². The summed E-state index contributed by atoms with van der Waals surface area (Å²) in [7, 11) is -0.717. The van der Waals surface area contributed by atoms with E-state index in [0.717, 1.165) is 24.3 Å². The van der Waals surface area contributed by atoms with E-state index in [2.05, 4.69) is 21.2 Å². The van der Waals surface area contributed by atoms with E-state index in [-0.39, 0.29) is 5.82 Å². The molecule has 1 aromatic rings. The van der Waals surface area contributed by atoms with Crippen molar-refractivity contribution in [1.29, 1.82) is 0 Å². The van der Waals surface area contributed by atoms with Gasteiger partial charge in [0.05, 0.1) is 4.47 Å². The minimum Gasteiger partial charge on any atom is -0.313 e. The van der Waals surface area contributed by atoms with E-state index in [1.807, 2.05) is 0 Å². The van der Waals surface area contributed by atoms with Crippen molar-refractivity contribution in [3.05, 3.63) is 34.1 Å².